The second-order valence-corrected chi connectivity index (χ2v) is 15.3. The minimum absolute atomic E-state index is 1.09. The molecule has 2 heteroatoms. The molecule has 0 aliphatic heterocycles. The number of para-hydroxylation sites is 2. The van der Waals surface area contributed by atoms with E-state index in [4.69, 9.17) is 0 Å². The summed E-state index contributed by atoms with van der Waals surface area (Å²) in [4.78, 5) is 2.38. The van der Waals surface area contributed by atoms with Crippen LogP contribution in [0.5, 0.6) is 0 Å². The van der Waals surface area contributed by atoms with Gasteiger partial charge in [-0.2, -0.15) is 0 Å². The predicted octanol–water partition coefficient (Wildman–Crippen LogP) is 16.1. The Morgan fingerprint density at radius 1 is 0.283 bits per heavy atom. The Morgan fingerprint density at radius 3 is 1.48 bits per heavy atom. The van der Waals surface area contributed by atoms with Crippen LogP contribution in [0.2, 0.25) is 0 Å². The van der Waals surface area contributed by atoms with Gasteiger partial charge in [0.15, 0.2) is 0 Å². The van der Waals surface area contributed by atoms with Gasteiger partial charge >= 0.3 is 0 Å². The quantitative estimate of drug-likeness (QED) is 0.150. The molecule has 0 N–H and O–H groups in total. The number of nitrogens with zero attached hydrogens (tertiary/aromatic N) is 2. The largest absolute Gasteiger partial charge is 0.310 e. The highest BCUT2D eigenvalue weighted by atomic mass is 15.1. The van der Waals surface area contributed by atoms with E-state index in [9.17, 15) is 0 Å². The van der Waals surface area contributed by atoms with E-state index in [1.54, 1.807) is 0 Å². The lowest BCUT2D eigenvalue weighted by Gasteiger charge is -2.26. The van der Waals surface area contributed by atoms with Crippen LogP contribution in [-0.2, 0) is 0 Å². The minimum Gasteiger partial charge on any atom is -0.310 e. The summed E-state index contributed by atoms with van der Waals surface area (Å²) in [5, 5.41) is 5.00. The highest BCUT2D eigenvalue weighted by molar-refractivity contribution is 6.16. The molecule has 1 heterocycles. The zero-order chi connectivity index (χ0) is 39.8. The average Bonchev–Trinajstić information content (AvgIpc) is 3.67. The highest BCUT2D eigenvalue weighted by Crippen LogP contribution is 2.42. The molecule has 0 bridgehead atoms. The van der Waals surface area contributed by atoms with E-state index >= 15 is 0 Å². The molecule has 0 aliphatic rings. The lowest BCUT2D eigenvalue weighted by molar-refractivity contribution is 1.18. The van der Waals surface area contributed by atoms with Gasteiger partial charge in [-0.25, -0.2) is 0 Å². The summed E-state index contributed by atoms with van der Waals surface area (Å²) in [6.45, 7) is 0. The van der Waals surface area contributed by atoms with Crippen LogP contribution in [0.4, 0.5) is 17.1 Å². The molecular weight excluding hydrogens is 725 g/mol. The van der Waals surface area contributed by atoms with Crippen molar-refractivity contribution in [3.63, 3.8) is 0 Å². The zero-order valence-corrected chi connectivity index (χ0v) is 33.0. The van der Waals surface area contributed by atoms with Crippen molar-refractivity contribution >= 4 is 49.6 Å². The highest BCUT2D eigenvalue weighted by Gasteiger charge is 2.19. The fourth-order valence-electron chi connectivity index (χ4n) is 8.93. The fourth-order valence-corrected chi connectivity index (χ4v) is 8.93. The molecule has 0 aliphatic carbocycles. The normalized spacial score (nSPS) is 11.3. The van der Waals surface area contributed by atoms with Gasteiger partial charge in [0.25, 0.3) is 0 Å². The molecule has 0 fully saturated rings. The summed E-state index contributed by atoms with van der Waals surface area (Å²) < 4.78 is 2.39. The number of aromatic nitrogens is 1. The van der Waals surface area contributed by atoms with Crippen LogP contribution >= 0.6 is 0 Å². The van der Waals surface area contributed by atoms with Gasteiger partial charge in [-0.05, 0) is 116 Å². The maximum atomic E-state index is 2.39. The van der Waals surface area contributed by atoms with Crippen molar-refractivity contribution in [2.24, 2.45) is 0 Å². The second-order valence-electron chi connectivity index (χ2n) is 15.3. The van der Waals surface area contributed by atoms with Crippen LogP contribution in [0.3, 0.4) is 0 Å². The van der Waals surface area contributed by atoms with Crippen molar-refractivity contribution in [1.82, 2.24) is 4.57 Å². The number of fused-ring (bicyclic) bond motifs is 4. The third kappa shape index (κ3) is 6.32. The van der Waals surface area contributed by atoms with E-state index in [1.165, 1.54) is 77.1 Å². The summed E-state index contributed by atoms with van der Waals surface area (Å²) in [5.41, 5.74) is 16.4. The number of anilines is 3. The van der Waals surface area contributed by atoms with Gasteiger partial charge in [0.05, 0.1) is 11.0 Å². The summed E-state index contributed by atoms with van der Waals surface area (Å²) >= 11 is 0. The third-order valence-corrected chi connectivity index (χ3v) is 11.8. The molecular formula is C58H40N2. The smallest absolute Gasteiger partial charge is 0.0547 e. The van der Waals surface area contributed by atoms with Gasteiger partial charge in [0, 0.05) is 33.5 Å². The Morgan fingerprint density at radius 2 is 0.767 bits per heavy atom. The van der Waals surface area contributed by atoms with Crippen molar-refractivity contribution in [3.05, 3.63) is 243 Å². The lowest BCUT2D eigenvalue weighted by atomic mass is 9.97. The third-order valence-electron chi connectivity index (χ3n) is 11.8. The van der Waals surface area contributed by atoms with Crippen LogP contribution in [0, 0.1) is 0 Å². The Labute approximate surface area is 350 Å². The Kier molecular flexibility index (Phi) is 8.87. The second kappa shape index (κ2) is 15.1. The molecule has 282 valence electrons. The van der Waals surface area contributed by atoms with Gasteiger partial charge in [0.1, 0.15) is 0 Å². The van der Waals surface area contributed by atoms with E-state index < -0.39 is 0 Å². The molecule has 0 radical (unpaired) electrons. The maximum absolute atomic E-state index is 2.39. The van der Waals surface area contributed by atoms with Crippen molar-refractivity contribution in [3.8, 4) is 50.2 Å². The van der Waals surface area contributed by atoms with Crippen molar-refractivity contribution < 1.29 is 0 Å². The molecule has 0 spiro atoms. The molecule has 10 aromatic carbocycles. The molecule has 0 saturated carbocycles. The van der Waals surface area contributed by atoms with Gasteiger partial charge in [-0.1, -0.05) is 182 Å². The first-order valence-electron chi connectivity index (χ1n) is 20.6. The number of rotatable bonds is 8. The van der Waals surface area contributed by atoms with E-state index in [-0.39, 0.29) is 0 Å². The van der Waals surface area contributed by atoms with Crippen LogP contribution in [0.15, 0.2) is 243 Å². The van der Waals surface area contributed by atoms with Gasteiger partial charge in [-0.15, -0.1) is 0 Å². The molecule has 2 nitrogen and oxygen atoms in total. The van der Waals surface area contributed by atoms with E-state index in [0.717, 1.165) is 22.7 Å². The number of benzene rings is 10. The van der Waals surface area contributed by atoms with Gasteiger partial charge < -0.3 is 9.47 Å². The summed E-state index contributed by atoms with van der Waals surface area (Å²) in [6, 6.07) is 87.8. The molecule has 1 aromatic heterocycles. The van der Waals surface area contributed by atoms with Crippen LogP contribution in [0.1, 0.15) is 0 Å². The molecule has 60 heavy (non-hydrogen) atoms. The molecule has 0 amide bonds. The molecule has 11 aromatic rings. The number of hydrogen-bond acceptors (Lipinski definition) is 1. The molecule has 11 rings (SSSR count). The Hall–Kier alpha value is -7.94. The van der Waals surface area contributed by atoms with Gasteiger partial charge in [-0.3, -0.25) is 0 Å². The predicted molar refractivity (Wildman–Crippen MR) is 255 cm³/mol. The fraction of sp³-hybridized carbons (Fsp3) is 0. The molecule has 0 saturated heterocycles. The van der Waals surface area contributed by atoms with Crippen molar-refractivity contribution in [2.45, 2.75) is 0 Å². The molecule has 0 unspecified atom stereocenters. The Balaban J connectivity index is 1.02. The van der Waals surface area contributed by atoms with Crippen LogP contribution in [-0.4, -0.2) is 4.57 Å². The first-order chi connectivity index (χ1) is 29.8. The Bertz CT molecular complexity index is 3270. The van der Waals surface area contributed by atoms with Crippen molar-refractivity contribution in [2.75, 3.05) is 4.90 Å². The topological polar surface area (TPSA) is 8.17 Å². The number of hydrogen-bond donors (Lipinski definition) is 0. The minimum atomic E-state index is 1.09. The monoisotopic (exact) mass is 764 g/mol. The first kappa shape index (κ1) is 35.2. The van der Waals surface area contributed by atoms with E-state index in [2.05, 4.69) is 252 Å². The summed E-state index contributed by atoms with van der Waals surface area (Å²) in [6.07, 6.45) is 0. The SMILES string of the molecule is c1ccc(-c2ccc(-c3ccc(N(c4ccc(-c5cccc6ccccc56)cc4)c4cccc(-c5cccc6c5c5ccccc5n6-c5ccccc5)c4)cc3)cc2)cc1. The zero-order valence-electron chi connectivity index (χ0n) is 33.0. The first-order valence-corrected chi connectivity index (χ1v) is 20.6. The van der Waals surface area contributed by atoms with Gasteiger partial charge in [0.2, 0.25) is 0 Å². The maximum Gasteiger partial charge on any atom is 0.0547 e. The van der Waals surface area contributed by atoms with Crippen molar-refractivity contribution in [1.29, 1.82) is 0 Å². The lowest BCUT2D eigenvalue weighted by Crippen LogP contribution is -2.10. The standard InChI is InChI=1S/C58H40N2/c1-3-14-41(15-4-1)42-28-30-43(31-29-42)44-32-36-49(37-33-44)59(50-38-34-46(35-39-50)53-24-12-17-45-16-7-8-22-52(45)53)51-21-11-18-47(40-51)54-25-13-27-57-58(54)55-23-9-10-26-56(55)60(57)48-19-5-2-6-20-48/h1-40H. The van der Waals surface area contributed by atoms with E-state index in [0.29, 0.717) is 0 Å². The van der Waals surface area contributed by atoms with Crippen LogP contribution < -0.4 is 4.90 Å². The average molecular weight is 765 g/mol. The summed E-state index contributed by atoms with van der Waals surface area (Å²) in [7, 11) is 0. The summed E-state index contributed by atoms with van der Waals surface area (Å²) in [5.74, 6) is 0. The van der Waals surface area contributed by atoms with Crippen LogP contribution in [0.25, 0.3) is 82.8 Å². The van der Waals surface area contributed by atoms with E-state index in [1.807, 2.05) is 0 Å². The molecule has 0 atom stereocenters.